The Balaban J connectivity index is 0.000000275. The second-order valence-electron chi connectivity index (χ2n) is 17.6. The maximum atomic E-state index is 13.0. The molecule has 0 saturated carbocycles. The van der Waals surface area contributed by atoms with Crippen molar-refractivity contribution in [3.05, 3.63) is 168 Å². The van der Waals surface area contributed by atoms with E-state index >= 15 is 0 Å². The molecule has 0 bridgehead atoms. The van der Waals surface area contributed by atoms with Crippen LogP contribution in [0.3, 0.4) is 0 Å². The van der Waals surface area contributed by atoms with E-state index in [4.69, 9.17) is 19.6 Å². The summed E-state index contributed by atoms with van der Waals surface area (Å²) in [6.07, 6.45) is -0.0930. The molecule has 372 valence electrons. The third-order valence-corrected chi connectivity index (χ3v) is 10.6. The number of nitrogens with zero attached hydrogens (tertiary/aromatic N) is 8. The number of benzene rings is 3. The fourth-order valence-corrected chi connectivity index (χ4v) is 7.03. The number of isothiocyanates is 1. The summed E-state index contributed by atoms with van der Waals surface area (Å²) in [4.78, 5) is 51.1. The smallest absolute Gasteiger partial charge is 0.753 e. The average Bonchev–Trinajstić information content (AvgIpc) is 3.87. The molecule has 0 unspecified atom stereocenters. The van der Waals surface area contributed by atoms with Gasteiger partial charge in [0.1, 0.15) is 22.9 Å². The van der Waals surface area contributed by atoms with Gasteiger partial charge in [-0.1, -0.05) is 95.9 Å². The van der Waals surface area contributed by atoms with E-state index in [0.29, 0.717) is 41.4 Å². The summed E-state index contributed by atoms with van der Waals surface area (Å²) in [7, 11) is 0. The van der Waals surface area contributed by atoms with E-state index in [9.17, 15) is 27.6 Å². The van der Waals surface area contributed by atoms with E-state index in [2.05, 4.69) is 149 Å². The molecule has 3 aromatic carbocycles. The molecule has 0 saturated heterocycles. The van der Waals surface area contributed by atoms with Gasteiger partial charge in [-0.25, -0.2) is 4.98 Å². The third-order valence-electron chi connectivity index (χ3n) is 10.6. The number of carbonyl (C=O) groups is 3. The minimum absolute atomic E-state index is 0. The number of thiocarbonyl (C=S) groups is 1. The molecule has 14 nitrogen and oxygen atoms in total. The molecule has 19 heteroatoms. The van der Waals surface area contributed by atoms with Crippen LogP contribution in [0, 0.1) is 0 Å². The number of aromatic nitrogens is 6. The standard InChI is InChI=1S/C35H34F3N4.C18H11N3O6.CNS.Ru/c1-33(2,3)25-9-15-28(16-10-25)42(29-17-11-26(12-18-29)34(4,5)6)27-13-7-23(8-14-27)24-19-20-39-30(21-24)31-22-32(41-40-31)35(36,37)38;22-9-25-12-1-3-19-15(5-12)17-7-14(27-11-24)8-18(21-17)16-6-13(26-10-23)2-4-20-16;2-1-3;/h7-22H,1-6H3;1-11H;;/q-1;;-1;+2. The zero-order chi connectivity index (χ0) is 52.1. The molecule has 0 fully saturated rings. The second-order valence-corrected chi connectivity index (χ2v) is 17.8. The molecule has 5 aromatic heterocycles. The molecule has 0 aliphatic rings. The van der Waals surface area contributed by atoms with E-state index in [1.807, 2.05) is 18.2 Å². The van der Waals surface area contributed by atoms with Gasteiger partial charge >= 0.3 is 25.7 Å². The minimum atomic E-state index is -4.55. The Morgan fingerprint density at radius 1 is 0.548 bits per heavy atom. The number of carbonyl (C=O) groups excluding carboxylic acids is 3. The van der Waals surface area contributed by atoms with E-state index in [0.717, 1.165) is 34.3 Å². The number of pyridine rings is 4. The fourth-order valence-electron chi connectivity index (χ4n) is 7.03. The van der Waals surface area contributed by atoms with Gasteiger partial charge in [0.15, 0.2) is 0 Å². The first-order chi connectivity index (χ1) is 34.3. The molecule has 73 heavy (non-hydrogen) atoms. The van der Waals surface area contributed by atoms with Crippen LogP contribution in [0.25, 0.3) is 50.7 Å². The first-order valence-corrected chi connectivity index (χ1v) is 22.2. The van der Waals surface area contributed by atoms with Gasteiger partial charge in [-0.3, -0.25) is 29.3 Å². The van der Waals surface area contributed by atoms with Gasteiger partial charge < -0.3 is 34.7 Å². The number of alkyl halides is 3. The topological polar surface area (TPSA) is 183 Å². The molecule has 0 radical (unpaired) electrons. The normalized spacial score (nSPS) is 10.9. The van der Waals surface area contributed by atoms with Crippen molar-refractivity contribution in [2.75, 3.05) is 4.90 Å². The maximum absolute atomic E-state index is 13.0. The van der Waals surface area contributed by atoms with Crippen LogP contribution in [0.5, 0.6) is 17.2 Å². The summed E-state index contributed by atoms with van der Waals surface area (Å²) in [5.41, 5.74) is 8.26. The summed E-state index contributed by atoms with van der Waals surface area (Å²) in [5.74, 6) is 0.760. The number of hydrogen-bond donors (Lipinski definition) is 0. The number of anilines is 3. The largest absolute Gasteiger partial charge is 2.00 e. The van der Waals surface area contributed by atoms with Crippen molar-refractivity contribution in [3.8, 4) is 62.5 Å². The van der Waals surface area contributed by atoms with Crippen LogP contribution in [0.1, 0.15) is 58.4 Å². The van der Waals surface area contributed by atoms with Crippen molar-refractivity contribution >= 4 is 53.9 Å². The summed E-state index contributed by atoms with van der Waals surface area (Å²) in [6.45, 7) is 14.1. The first kappa shape index (κ1) is 55.8. The van der Waals surface area contributed by atoms with Gasteiger partial charge in [-0.05, 0) is 99.8 Å². The predicted octanol–water partition coefficient (Wildman–Crippen LogP) is 12.3. The van der Waals surface area contributed by atoms with E-state index < -0.39 is 11.9 Å². The fraction of sp³-hybridized carbons (Fsp3) is 0.167. The Kier molecular flexibility index (Phi) is 19.0. The molecule has 0 atom stereocenters. The molecule has 8 aromatic rings. The Morgan fingerprint density at radius 2 is 0.945 bits per heavy atom. The van der Waals surface area contributed by atoms with Crippen molar-refractivity contribution in [2.45, 2.75) is 58.5 Å². The van der Waals surface area contributed by atoms with Gasteiger partial charge in [-0.2, -0.15) is 18.3 Å². The van der Waals surface area contributed by atoms with Gasteiger partial charge in [0.2, 0.25) is 0 Å². The van der Waals surface area contributed by atoms with Crippen LogP contribution in [0.15, 0.2) is 146 Å². The monoisotopic (exact) mass is 1090 g/mol. The van der Waals surface area contributed by atoms with Crippen LogP contribution in [0.4, 0.5) is 30.2 Å². The van der Waals surface area contributed by atoms with Crippen molar-refractivity contribution in [1.82, 2.24) is 30.1 Å². The van der Waals surface area contributed by atoms with Gasteiger partial charge in [0, 0.05) is 65.6 Å². The van der Waals surface area contributed by atoms with Gasteiger partial charge in [-0.15, -0.1) is 0 Å². The average molecular weight is 1090 g/mol. The summed E-state index contributed by atoms with van der Waals surface area (Å²) in [6, 6.07) is 38.9. The minimum Gasteiger partial charge on any atom is -0.753 e. The summed E-state index contributed by atoms with van der Waals surface area (Å²) in [5, 5.41) is 15.4. The zero-order valence-corrected chi connectivity index (χ0v) is 42.6. The number of rotatable bonds is 13. The molecular formula is C54H45F3N8O6RuS. The van der Waals surface area contributed by atoms with Crippen LogP contribution in [-0.4, -0.2) is 49.6 Å². The summed E-state index contributed by atoms with van der Waals surface area (Å²) >= 11 is 3.70. The number of hydrogen-bond acceptors (Lipinski definition) is 13. The van der Waals surface area contributed by atoms with Crippen LogP contribution in [0.2, 0.25) is 0 Å². The SMILES string of the molecule is CC(C)(C)c1ccc(N(c2ccc(-c3ccnc(-c4cc(C(F)(F)F)n[n-]4)c3)cc2)c2ccc(C(C)(C)C)cc2)cc1.O=COc1ccnc(-c2cc(OC=O)cc(-c3cc(OC=O)ccn3)n2)c1.[N-]=C=S.[Ru+2]. The van der Waals surface area contributed by atoms with E-state index in [1.165, 1.54) is 65.1 Å². The van der Waals surface area contributed by atoms with Gasteiger partial charge in [0.25, 0.3) is 19.4 Å². The molecule has 5 heterocycles. The van der Waals surface area contributed by atoms with Crippen LogP contribution in [-0.2, 0) is 50.9 Å². The number of halogens is 3. The van der Waals surface area contributed by atoms with Crippen molar-refractivity contribution in [3.63, 3.8) is 0 Å². The van der Waals surface area contributed by atoms with Crippen LogP contribution >= 0.6 is 12.2 Å². The molecular weight excluding hydrogens is 1050 g/mol. The van der Waals surface area contributed by atoms with Crippen LogP contribution < -0.4 is 24.2 Å². The zero-order valence-electron chi connectivity index (χ0n) is 40.0. The third kappa shape index (κ3) is 15.0. The maximum Gasteiger partial charge on any atom is 2.00 e. The first-order valence-electron chi connectivity index (χ1n) is 21.8. The molecule has 8 rings (SSSR count). The molecule has 0 aliphatic carbocycles. The van der Waals surface area contributed by atoms with E-state index in [1.54, 1.807) is 12.3 Å². The van der Waals surface area contributed by atoms with E-state index in [-0.39, 0.29) is 59.7 Å². The quantitative estimate of drug-likeness (QED) is 0.0460. The predicted molar refractivity (Wildman–Crippen MR) is 270 cm³/mol. The molecule has 0 aliphatic heterocycles. The molecule has 0 amide bonds. The number of ether oxygens (including phenoxy) is 3. The van der Waals surface area contributed by atoms with Gasteiger partial charge in [0.05, 0.1) is 22.8 Å². The van der Waals surface area contributed by atoms with Crippen molar-refractivity contribution in [1.29, 1.82) is 0 Å². The second kappa shape index (κ2) is 24.8. The molecule has 0 N–H and O–H groups in total. The Bertz CT molecular complexity index is 3040. The Morgan fingerprint density at radius 3 is 1.36 bits per heavy atom. The Labute approximate surface area is 437 Å². The Hall–Kier alpha value is -8.11. The summed E-state index contributed by atoms with van der Waals surface area (Å²) < 4.78 is 53.6. The van der Waals surface area contributed by atoms with Crippen molar-refractivity contribution < 1.29 is 61.2 Å². The molecule has 0 spiro atoms. The van der Waals surface area contributed by atoms with Crippen molar-refractivity contribution in [2.24, 2.45) is 0 Å².